The number of para-hydroxylation sites is 1. The van der Waals surface area contributed by atoms with Gasteiger partial charge in [-0.15, -0.1) is 0 Å². The normalized spacial score (nSPS) is 11.2. The first-order chi connectivity index (χ1) is 10.1. The average molecular weight is 282 g/mol. The number of nitrogen functional groups attached to an aromatic ring is 1. The van der Waals surface area contributed by atoms with Gasteiger partial charge in [0.1, 0.15) is 11.2 Å². The van der Waals surface area contributed by atoms with Gasteiger partial charge in [0.25, 0.3) is 0 Å². The maximum absolute atomic E-state index is 6.10. The van der Waals surface area contributed by atoms with Gasteiger partial charge in [-0.2, -0.15) is 5.10 Å². The highest BCUT2D eigenvalue weighted by atomic mass is 16.5. The lowest BCUT2D eigenvalue weighted by Gasteiger charge is -2.13. The predicted molar refractivity (Wildman–Crippen MR) is 83.6 cm³/mol. The van der Waals surface area contributed by atoms with Crippen LogP contribution in [0.1, 0.15) is 25.6 Å². The molecule has 0 saturated heterocycles. The highest BCUT2D eigenvalue weighted by Gasteiger charge is 2.18. The quantitative estimate of drug-likeness (QED) is 0.795. The number of benzene rings is 1. The molecular formula is C16H18N4O. The van der Waals surface area contributed by atoms with Crippen molar-refractivity contribution in [2.24, 2.45) is 0 Å². The van der Waals surface area contributed by atoms with Crippen LogP contribution in [-0.2, 0) is 0 Å². The molecule has 0 aliphatic carbocycles. The largest absolute Gasteiger partial charge is 0.435 e. The Bertz CT molecular complexity index is 787. The van der Waals surface area contributed by atoms with Crippen molar-refractivity contribution < 1.29 is 4.74 Å². The predicted octanol–water partition coefficient (Wildman–Crippen LogP) is 3.70. The van der Waals surface area contributed by atoms with E-state index in [0.717, 1.165) is 16.6 Å². The lowest BCUT2D eigenvalue weighted by Crippen LogP contribution is -2.05. The lowest BCUT2D eigenvalue weighted by molar-refractivity contribution is 0.392. The van der Waals surface area contributed by atoms with Gasteiger partial charge in [0.05, 0.1) is 11.7 Å². The van der Waals surface area contributed by atoms with Gasteiger partial charge in [-0.05, 0) is 32.9 Å². The van der Waals surface area contributed by atoms with E-state index in [1.165, 1.54) is 0 Å². The van der Waals surface area contributed by atoms with Gasteiger partial charge in [-0.25, -0.2) is 4.68 Å². The third-order valence-corrected chi connectivity index (χ3v) is 3.38. The highest BCUT2D eigenvalue weighted by Crippen LogP contribution is 2.34. The average Bonchev–Trinajstić information content (AvgIpc) is 2.76. The summed E-state index contributed by atoms with van der Waals surface area (Å²) in [6, 6.07) is 9.91. The van der Waals surface area contributed by atoms with E-state index in [1.807, 2.05) is 51.1 Å². The second-order valence-electron chi connectivity index (χ2n) is 5.28. The summed E-state index contributed by atoms with van der Waals surface area (Å²) in [6.07, 6.45) is 1.75. The molecule has 2 N–H and O–H groups in total. The molecule has 21 heavy (non-hydrogen) atoms. The number of pyridine rings is 1. The number of hydrogen-bond donors (Lipinski definition) is 1. The first-order valence-electron chi connectivity index (χ1n) is 6.94. The van der Waals surface area contributed by atoms with Crippen molar-refractivity contribution in [2.75, 3.05) is 5.73 Å². The minimum Gasteiger partial charge on any atom is -0.435 e. The van der Waals surface area contributed by atoms with Crippen LogP contribution in [-0.4, -0.2) is 14.8 Å². The molecule has 3 aromatic rings. The zero-order valence-corrected chi connectivity index (χ0v) is 12.4. The smallest absolute Gasteiger partial charge is 0.241 e. The molecule has 5 heteroatoms. The van der Waals surface area contributed by atoms with Crippen molar-refractivity contribution in [3.63, 3.8) is 0 Å². The Labute approximate surface area is 123 Å². The third-order valence-electron chi connectivity index (χ3n) is 3.38. The summed E-state index contributed by atoms with van der Waals surface area (Å²) in [6.45, 7) is 5.96. The molecule has 1 aromatic carbocycles. The van der Waals surface area contributed by atoms with Crippen LogP contribution in [0.4, 0.5) is 5.69 Å². The molecule has 3 rings (SSSR count). The number of hydrogen-bond acceptors (Lipinski definition) is 4. The summed E-state index contributed by atoms with van der Waals surface area (Å²) in [7, 11) is 0. The van der Waals surface area contributed by atoms with Gasteiger partial charge in [0.15, 0.2) is 5.75 Å². The van der Waals surface area contributed by atoms with E-state index in [9.17, 15) is 0 Å². The number of aromatic nitrogens is 3. The Morgan fingerprint density at radius 3 is 2.71 bits per heavy atom. The van der Waals surface area contributed by atoms with Gasteiger partial charge < -0.3 is 10.5 Å². The standard InChI is InChI=1S/C16H18N4O/c1-10(2)20-16(14(17)11(3)19-20)21-13-8-4-6-12-7-5-9-18-15(12)13/h4-10H,17H2,1-3H3. The van der Waals surface area contributed by atoms with Gasteiger partial charge in [-0.1, -0.05) is 18.2 Å². The second-order valence-corrected chi connectivity index (χ2v) is 5.28. The van der Waals surface area contributed by atoms with E-state index in [4.69, 9.17) is 10.5 Å². The maximum Gasteiger partial charge on any atom is 0.241 e. The van der Waals surface area contributed by atoms with E-state index >= 15 is 0 Å². The van der Waals surface area contributed by atoms with Crippen LogP contribution in [0.3, 0.4) is 0 Å². The zero-order chi connectivity index (χ0) is 15.0. The Morgan fingerprint density at radius 1 is 1.19 bits per heavy atom. The van der Waals surface area contributed by atoms with Gasteiger partial charge >= 0.3 is 0 Å². The molecule has 2 aromatic heterocycles. The maximum atomic E-state index is 6.10. The van der Waals surface area contributed by atoms with Gasteiger partial charge in [0.2, 0.25) is 5.88 Å². The van der Waals surface area contributed by atoms with Crippen LogP contribution in [0, 0.1) is 6.92 Å². The van der Waals surface area contributed by atoms with Crippen molar-refractivity contribution >= 4 is 16.6 Å². The Balaban J connectivity index is 2.11. The van der Waals surface area contributed by atoms with Crippen LogP contribution < -0.4 is 10.5 Å². The molecule has 0 radical (unpaired) electrons. The molecule has 108 valence electrons. The number of anilines is 1. The van der Waals surface area contributed by atoms with Crippen molar-refractivity contribution in [3.8, 4) is 11.6 Å². The first-order valence-corrected chi connectivity index (χ1v) is 6.94. The molecule has 0 atom stereocenters. The third kappa shape index (κ3) is 2.31. The second kappa shape index (κ2) is 5.09. The number of ether oxygens (including phenoxy) is 1. The van der Waals surface area contributed by atoms with E-state index in [2.05, 4.69) is 10.1 Å². The number of nitrogens with zero attached hydrogens (tertiary/aromatic N) is 3. The summed E-state index contributed by atoms with van der Waals surface area (Å²) >= 11 is 0. The minimum absolute atomic E-state index is 0.166. The fourth-order valence-electron chi connectivity index (χ4n) is 2.25. The number of rotatable bonds is 3. The number of aryl methyl sites for hydroxylation is 1. The summed E-state index contributed by atoms with van der Waals surface area (Å²) < 4.78 is 7.85. The topological polar surface area (TPSA) is 66.0 Å². The molecule has 5 nitrogen and oxygen atoms in total. The SMILES string of the molecule is Cc1nn(C(C)C)c(Oc2cccc3cccnc23)c1N. The monoisotopic (exact) mass is 282 g/mol. The van der Waals surface area contributed by atoms with Gasteiger partial charge in [0, 0.05) is 11.6 Å². The summed E-state index contributed by atoms with van der Waals surface area (Å²) in [5, 5.41) is 5.46. The van der Waals surface area contributed by atoms with E-state index in [-0.39, 0.29) is 6.04 Å². The zero-order valence-electron chi connectivity index (χ0n) is 12.4. The van der Waals surface area contributed by atoms with Crippen molar-refractivity contribution in [3.05, 3.63) is 42.2 Å². The van der Waals surface area contributed by atoms with E-state index in [0.29, 0.717) is 17.3 Å². The van der Waals surface area contributed by atoms with Crippen molar-refractivity contribution in [2.45, 2.75) is 26.8 Å². The van der Waals surface area contributed by atoms with Crippen molar-refractivity contribution in [1.29, 1.82) is 0 Å². The highest BCUT2D eigenvalue weighted by molar-refractivity contribution is 5.84. The molecule has 0 bridgehead atoms. The minimum atomic E-state index is 0.166. The summed E-state index contributed by atoms with van der Waals surface area (Å²) in [5.41, 5.74) is 8.25. The molecule has 0 spiro atoms. The fraction of sp³-hybridized carbons (Fsp3) is 0.250. The first kappa shape index (κ1) is 13.4. The van der Waals surface area contributed by atoms with E-state index < -0.39 is 0 Å². The molecule has 0 unspecified atom stereocenters. The van der Waals surface area contributed by atoms with E-state index in [1.54, 1.807) is 10.9 Å². The molecule has 0 aliphatic rings. The Kier molecular flexibility index (Phi) is 3.25. The molecule has 0 saturated carbocycles. The molecular weight excluding hydrogens is 264 g/mol. The van der Waals surface area contributed by atoms with Crippen LogP contribution in [0.2, 0.25) is 0 Å². The number of nitrogens with two attached hydrogens (primary N) is 1. The van der Waals surface area contributed by atoms with Crippen molar-refractivity contribution in [1.82, 2.24) is 14.8 Å². The van der Waals surface area contributed by atoms with Crippen LogP contribution in [0.15, 0.2) is 36.5 Å². The van der Waals surface area contributed by atoms with Crippen LogP contribution in [0.5, 0.6) is 11.6 Å². The lowest BCUT2D eigenvalue weighted by atomic mass is 10.2. The molecule has 0 amide bonds. The van der Waals surface area contributed by atoms with Gasteiger partial charge in [-0.3, -0.25) is 4.98 Å². The summed E-state index contributed by atoms with van der Waals surface area (Å²) in [5.74, 6) is 1.25. The Hall–Kier alpha value is -2.56. The fourth-order valence-corrected chi connectivity index (χ4v) is 2.25. The Morgan fingerprint density at radius 2 is 1.95 bits per heavy atom. The van der Waals surface area contributed by atoms with Crippen LogP contribution >= 0.6 is 0 Å². The molecule has 0 fully saturated rings. The summed E-state index contributed by atoms with van der Waals surface area (Å²) in [4.78, 5) is 4.39. The molecule has 0 aliphatic heterocycles. The van der Waals surface area contributed by atoms with Crippen LogP contribution in [0.25, 0.3) is 10.9 Å². The molecule has 2 heterocycles. The number of fused-ring (bicyclic) bond motifs is 1.